The van der Waals surface area contributed by atoms with Gasteiger partial charge in [-0.2, -0.15) is 0 Å². The van der Waals surface area contributed by atoms with Crippen LogP contribution in [-0.4, -0.2) is 79.3 Å². The first-order chi connectivity index (χ1) is 13.2. The lowest BCUT2D eigenvalue weighted by atomic mass is 9.91. The monoisotopic (exact) mass is 452 g/mol. The largest absolute Gasteiger partial charge is 0.438 e. The number of halogens is 2. The molecule has 0 spiro atoms. The Labute approximate surface area is 187 Å². The molecule has 170 valence electrons. The molecule has 29 heavy (non-hydrogen) atoms. The molecular weight excluding hydrogens is 415 g/mol. The molecule has 1 saturated carbocycles. The summed E-state index contributed by atoms with van der Waals surface area (Å²) in [6.45, 7) is 8.13. The number of esters is 1. The number of piperidine rings is 1. The van der Waals surface area contributed by atoms with E-state index in [9.17, 15) is 9.59 Å². The van der Waals surface area contributed by atoms with E-state index in [0.29, 0.717) is 12.5 Å². The molecule has 2 N–H and O–H groups in total. The summed E-state index contributed by atoms with van der Waals surface area (Å²) in [5.41, 5.74) is -0.790. The van der Waals surface area contributed by atoms with Crippen LogP contribution < -0.4 is 10.6 Å². The number of amides is 1. The Balaban J connectivity index is 0.00000210. The molecule has 7 nitrogen and oxygen atoms in total. The Kier molecular flexibility index (Phi) is 11.8. The van der Waals surface area contributed by atoms with Crippen molar-refractivity contribution >= 4 is 37.2 Å². The average Bonchev–Trinajstić information content (AvgIpc) is 2.70. The van der Waals surface area contributed by atoms with Gasteiger partial charge >= 0.3 is 5.97 Å². The van der Waals surface area contributed by atoms with Gasteiger partial charge in [-0.05, 0) is 45.2 Å². The van der Waals surface area contributed by atoms with Crippen LogP contribution in [0, 0.1) is 0 Å². The maximum Gasteiger partial charge on any atom is 0.325 e. The summed E-state index contributed by atoms with van der Waals surface area (Å²) < 4.78 is 5.92. The van der Waals surface area contributed by atoms with Crippen LogP contribution in [0.4, 0.5) is 0 Å². The quantitative estimate of drug-likeness (QED) is 0.349. The van der Waals surface area contributed by atoms with Crippen molar-refractivity contribution in [2.24, 2.45) is 0 Å². The number of ether oxygens (including phenoxy) is 1. The molecule has 2 heterocycles. The van der Waals surface area contributed by atoms with Crippen molar-refractivity contribution in [3.8, 4) is 0 Å². The molecule has 1 unspecified atom stereocenters. The maximum atomic E-state index is 13.0. The lowest BCUT2D eigenvalue weighted by Crippen LogP contribution is -2.58. The van der Waals surface area contributed by atoms with Gasteiger partial charge in [0.1, 0.15) is 6.04 Å². The zero-order valence-corrected chi connectivity index (χ0v) is 19.2. The molecule has 2 aliphatic heterocycles. The minimum absolute atomic E-state index is 0. The van der Waals surface area contributed by atoms with Gasteiger partial charge in [0.15, 0.2) is 5.72 Å². The summed E-state index contributed by atoms with van der Waals surface area (Å²) in [5.74, 6) is -0.177. The van der Waals surface area contributed by atoms with Crippen molar-refractivity contribution in [2.75, 3.05) is 39.3 Å². The van der Waals surface area contributed by atoms with Crippen LogP contribution in [0.25, 0.3) is 0 Å². The van der Waals surface area contributed by atoms with Gasteiger partial charge in [0.2, 0.25) is 6.41 Å². The molecular formula is C20H38Cl2N4O3. The highest BCUT2D eigenvalue weighted by molar-refractivity contribution is 5.85. The van der Waals surface area contributed by atoms with E-state index >= 15 is 0 Å². The van der Waals surface area contributed by atoms with Gasteiger partial charge in [0.25, 0.3) is 0 Å². The number of carbonyl (C=O) groups is 2. The Morgan fingerprint density at radius 1 is 1.14 bits per heavy atom. The molecule has 3 rings (SSSR count). The second-order valence-electron chi connectivity index (χ2n) is 8.22. The third kappa shape index (κ3) is 6.96. The van der Waals surface area contributed by atoms with Crippen LogP contribution in [0.3, 0.4) is 0 Å². The highest BCUT2D eigenvalue weighted by atomic mass is 35.5. The molecule has 0 aromatic rings. The third-order valence-electron chi connectivity index (χ3n) is 6.55. The third-order valence-corrected chi connectivity index (χ3v) is 6.55. The number of carbonyl (C=O) groups excluding carboxylic acids is 2. The molecule has 1 atom stereocenters. The average molecular weight is 453 g/mol. The normalized spacial score (nSPS) is 24.4. The van der Waals surface area contributed by atoms with Gasteiger partial charge in [-0.3, -0.25) is 19.4 Å². The van der Waals surface area contributed by atoms with Crippen LogP contribution in [0.2, 0.25) is 0 Å². The molecule has 2 saturated heterocycles. The molecule has 1 amide bonds. The fraction of sp³-hybridized carbons (Fsp3) is 0.900. The number of piperazine rings is 1. The van der Waals surface area contributed by atoms with E-state index in [4.69, 9.17) is 4.74 Å². The standard InChI is InChI=1S/C20H36N4O3.2ClH/c1-2-18(19(26)27-20(22-16-25)8-4-3-5-9-20)24-14-12-23(13-15-24)17-6-10-21-11-7-17;;/h16-18,21H,2-15H2,1H3,(H,22,25);2*1H. The van der Waals surface area contributed by atoms with Gasteiger partial charge in [-0.25, -0.2) is 0 Å². The van der Waals surface area contributed by atoms with Crippen molar-refractivity contribution in [1.82, 2.24) is 20.4 Å². The molecule has 3 fully saturated rings. The minimum Gasteiger partial charge on any atom is -0.438 e. The fourth-order valence-corrected chi connectivity index (χ4v) is 4.93. The van der Waals surface area contributed by atoms with E-state index in [1.807, 2.05) is 6.92 Å². The number of nitrogens with zero attached hydrogens (tertiary/aromatic N) is 2. The summed E-state index contributed by atoms with van der Waals surface area (Å²) in [6.07, 6.45) is 8.41. The van der Waals surface area contributed by atoms with Gasteiger partial charge < -0.3 is 15.4 Å². The topological polar surface area (TPSA) is 73.9 Å². The van der Waals surface area contributed by atoms with Gasteiger partial charge in [0, 0.05) is 45.1 Å². The van der Waals surface area contributed by atoms with E-state index in [1.54, 1.807) is 0 Å². The van der Waals surface area contributed by atoms with Crippen LogP contribution in [0.1, 0.15) is 58.3 Å². The zero-order valence-electron chi connectivity index (χ0n) is 17.6. The second kappa shape index (κ2) is 13.0. The van der Waals surface area contributed by atoms with Crippen molar-refractivity contribution in [2.45, 2.75) is 76.1 Å². The van der Waals surface area contributed by atoms with Gasteiger partial charge in [-0.1, -0.05) is 13.3 Å². The van der Waals surface area contributed by atoms with Crippen molar-refractivity contribution in [3.05, 3.63) is 0 Å². The summed E-state index contributed by atoms with van der Waals surface area (Å²) in [6, 6.07) is 0.468. The van der Waals surface area contributed by atoms with E-state index in [2.05, 4.69) is 20.4 Å². The molecule has 0 aromatic heterocycles. The molecule has 0 bridgehead atoms. The maximum absolute atomic E-state index is 13.0. The second-order valence-corrected chi connectivity index (χ2v) is 8.22. The van der Waals surface area contributed by atoms with Crippen molar-refractivity contribution in [3.63, 3.8) is 0 Å². The van der Waals surface area contributed by atoms with Crippen LogP contribution in [-0.2, 0) is 14.3 Å². The summed E-state index contributed by atoms with van der Waals surface area (Å²) in [7, 11) is 0. The summed E-state index contributed by atoms with van der Waals surface area (Å²) >= 11 is 0. The SMILES string of the molecule is CCC(C(=O)OC1(NC=O)CCCCC1)N1CCN(C2CCNCC2)CC1.Cl.Cl. The molecule has 0 radical (unpaired) electrons. The van der Waals surface area contributed by atoms with Crippen molar-refractivity contribution < 1.29 is 14.3 Å². The Bertz CT molecular complexity index is 492. The number of nitrogens with one attached hydrogen (secondary N) is 2. The lowest BCUT2D eigenvalue weighted by molar-refractivity contribution is -0.175. The predicted octanol–water partition coefficient (Wildman–Crippen LogP) is 1.93. The van der Waals surface area contributed by atoms with Crippen LogP contribution >= 0.6 is 24.8 Å². The zero-order chi connectivity index (χ0) is 19.1. The van der Waals surface area contributed by atoms with Gasteiger partial charge in [-0.15, -0.1) is 24.8 Å². The molecule has 0 aromatic carbocycles. The first-order valence-electron chi connectivity index (χ1n) is 10.8. The Morgan fingerprint density at radius 3 is 2.31 bits per heavy atom. The van der Waals surface area contributed by atoms with Crippen LogP contribution in [0.5, 0.6) is 0 Å². The van der Waals surface area contributed by atoms with E-state index in [-0.39, 0.29) is 36.8 Å². The van der Waals surface area contributed by atoms with Crippen molar-refractivity contribution in [1.29, 1.82) is 0 Å². The highest BCUT2D eigenvalue weighted by Gasteiger charge is 2.39. The number of rotatable bonds is 7. The fourth-order valence-electron chi connectivity index (χ4n) is 4.93. The highest BCUT2D eigenvalue weighted by Crippen LogP contribution is 2.30. The van der Waals surface area contributed by atoms with E-state index < -0.39 is 5.72 Å². The molecule has 1 aliphatic carbocycles. The summed E-state index contributed by atoms with van der Waals surface area (Å²) in [4.78, 5) is 28.9. The van der Waals surface area contributed by atoms with E-state index in [1.165, 1.54) is 12.8 Å². The number of hydrogen-bond donors (Lipinski definition) is 2. The van der Waals surface area contributed by atoms with E-state index in [0.717, 1.165) is 77.8 Å². The molecule has 3 aliphatic rings. The smallest absolute Gasteiger partial charge is 0.325 e. The Morgan fingerprint density at radius 2 is 1.76 bits per heavy atom. The minimum atomic E-state index is -0.790. The first-order valence-corrected chi connectivity index (χ1v) is 10.8. The predicted molar refractivity (Wildman–Crippen MR) is 119 cm³/mol. The molecule has 9 heteroatoms. The summed E-state index contributed by atoms with van der Waals surface area (Å²) in [5, 5.41) is 6.23. The first kappa shape index (κ1) is 26.4. The number of hydrogen-bond acceptors (Lipinski definition) is 6. The van der Waals surface area contributed by atoms with Gasteiger partial charge in [0.05, 0.1) is 0 Å². The lowest BCUT2D eigenvalue weighted by Gasteiger charge is -2.43. The Hall–Kier alpha value is -0.600. The van der Waals surface area contributed by atoms with Crippen LogP contribution in [0.15, 0.2) is 0 Å².